The maximum atomic E-state index is 13.9. The number of nitriles is 1. The van der Waals surface area contributed by atoms with Crippen LogP contribution < -0.4 is 10.1 Å². The summed E-state index contributed by atoms with van der Waals surface area (Å²) in [7, 11) is 0. The molecule has 0 heterocycles. The van der Waals surface area contributed by atoms with Gasteiger partial charge in [-0.3, -0.25) is 4.79 Å². The average molecular weight is 482 g/mol. The maximum Gasteiger partial charge on any atom is 0.416 e. The van der Waals surface area contributed by atoms with Gasteiger partial charge in [0.25, 0.3) is 0 Å². The zero-order valence-electron chi connectivity index (χ0n) is 12.6. The van der Waals surface area contributed by atoms with Crippen LogP contribution in [0.15, 0.2) is 30.3 Å². The lowest BCUT2D eigenvalue weighted by atomic mass is 10.2. The lowest BCUT2D eigenvalue weighted by Crippen LogP contribution is -2.11. The van der Waals surface area contributed by atoms with Crippen LogP contribution in [-0.4, -0.2) is 5.91 Å². The summed E-state index contributed by atoms with van der Waals surface area (Å²) >= 11 is 1.90. The van der Waals surface area contributed by atoms with Gasteiger partial charge < -0.3 is 10.1 Å². The molecule has 0 aliphatic rings. The summed E-state index contributed by atoms with van der Waals surface area (Å²) in [6.07, 6.45) is -5.38. The summed E-state index contributed by atoms with van der Waals surface area (Å²) < 4.78 is 71.3. The molecule has 0 bridgehead atoms. The van der Waals surface area contributed by atoms with E-state index in [-0.39, 0.29) is 23.6 Å². The minimum absolute atomic E-state index is 0.0100. The molecule has 0 aliphatic carbocycles. The highest BCUT2D eigenvalue weighted by molar-refractivity contribution is 14.1. The third kappa shape index (κ3) is 4.81. The van der Waals surface area contributed by atoms with Crippen molar-refractivity contribution < 1.29 is 31.5 Å². The van der Waals surface area contributed by atoms with Crippen LogP contribution in [-0.2, 0) is 11.0 Å². The highest BCUT2D eigenvalue weighted by Gasteiger charge is 2.33. The smallest absolute Gasteiger partial charge is 0.416 e. The van der Waals surface area contributed by atoms with Crippen LogP contribution in [0.5, 0.6) is 11.5 Å². The number of benzene rings is 2. The van der Waals surface area contributed by atoms with E-state index >= 15 is 0 Å². The molecule has 136 valence electrons. The Kier molecular flexibility index (Phi) is 6.01. The van der Waals surface area contributed by atoms with Crippen molar-refractivity contribution in [3.8, 4) is 17.6 Å². The number of alkyl halides is 3. The largest absolute Gasteiger partial charge is 0.449 e. The van der Waals surface area contributed by atoms with Crippen molar-refractivity contribution in [1.82, 2.24) is 0 Å². The molecular formula is C16H8F5IN2O2. The predicted molar refractivity (Wildman–Crippen MR) is 89.5 cm³/mol. The Labute approximate surface area is 157 Å². The summed E-state index contributed by atoms with van der Waals surface area (Å²) in [5.41, 5.74) is -1.49. The highest BCUT2D eigenvalue weighted by Crippen LogP contribution is 2.37. The van der Waals surface area contributed by atoms with Crippen LogP contribution in [0.2, 0.25) is 0 Å². The van der Waals surface area contributed by atoms with Crippen LogP contribution in [0, 0.1) is 26.5 Å². The topological polar surface area (TPSA) is 62.1 Å². The fourth-order valence-corrected chi connectivity index (χ4v) is 2.38. The minimum atomic E-state index is -4.92. The maximum absolute atomic E-state index is 13.9. The number of anilines is 1. The van der Waals surface area contributed by atoms with E-state index in [0.717, 1.165) is 0 Å². The standard InChI is InChI=1S/C16H8F5IN2O2/c17-10-5-8(16(19,20)21)6-11(18)15(10)26-13-2-1-9(22)7-12(13)24-14(25)3-4-23/h1-2,5-7H,3H2,(H,24,25). The second-order valence-corrected chi connectivity index (χ2v) is 6.14. The molecule has 4 nitrogen and oxygen atoms in total. The second-order valence-electron chi connectivity index (χ2n) is 4.89. The zero-order valence-corrected chi connectivity index (χ0v) is 14.8. The van der Waals surface area contributed by atoms with Crippen molar-refractivity contribution in [2.45, 2.75) is 12.6 Å². The van der Waals surface area contributed by atoms with Crippen molar-refractivity contribution in [2.24, 2.45) is 0 Å². The number of hydrogen-bond donors (Lipinski definition) is 1. The molecule has 1 N–H and O–H groups in total. The molecule has 10 heteroatoms. The molecule has 0 spiro atoms. The van der Waals surface area contributed by atoms with E-state index in [1.807, 2.05) is 22.6 Å². The average Bonchev–Trinajstić information content (AvgIpc) is 2.51. The first-order valence-electron chi connectivity index (χ1n) is 6.82. The van der Waals surface area contributed by atoms with E-state index in [1.165, 1.54) is 18.2 Å². The number of amides is 1. The van der Waals surface area contributed by atoms with Gasteiger partial charge in [-0.25, -0.2) is 8.78 Å². The number of hydrogen-bond acceptors (Lipinski definition) is 3. The van der Waals surface area contributed by atoms with Crippen LogP contribution in [0.25, 0.3) is 0 Å². The summed E-state index contributed by atoms with van der Waals surface area (Å²) in [5.74, 6) is -5.03. The fourth-order valence-electron chi connectivity index (χ4n) is 1.89. The Morgan fingerprint density at radius 2 is 1.81 bits per heavy atom. The molecule has 0 aliphatic heterocycles. The number of nitrogens with zero attached hydrogens (tertiary/aromatic N) is 1. The Bertz CT molecular complexity index is 870. The molecule has 26 heavy (non-hydrogen) atoms. The van der Waals surface area contributed by atoms with E-state index < -0.39 is 41.5 Å². The van der Waals surface area contributed by atoms with Crippen molar-refractivity contribution in [2.75, 3.05) is 5.32 Å². The third-order valence-electron chi connectivity index (χ3n) is 2.99. The Morgan fingerprint density at radius 1 is 1.19 bits per heavy atom. The molecule has 0 saturated carbocycles. The van der Waals surface area contributed by atoms with Gasteiger partial charge in [0.1, 0.15) is 6.42 Å². The van der Waals surface area contributed by atoms with Gasteiger partial charge in [-0.15, -0.1) is 0 Å². The van der Waals surface area contributed by atoms with E-state index in [2.05, 4.69) is 5.32 Å². The number of nitrogens with one attached hydrogen (secondary N) is 1. The van der Waals surface area contributed by atoms with Crippen LogP contribution in [0.1, 0.15) is 12.0 Å². The van der Waals surface area contributed by atoms with Gasteiger partial charge in [-0.2, -0.15) is 18.4 Å². The molecule has 0 radical (unpaired) electrons. The molecular weight excluding hydrogens is 474 g/mol. The van der Waals surface area contributed by atoms with Crippen molar-refractivity contribution in [1.29, 1.82) is 5.26 Å². The number of carbonyl (C=O) groups is 1. The molecule has 0 saturated heterocycles. The Balaban J connectivity index is 2.40. The summed E-state index contributed by atoms with van der Waals surface area (Å²) in [5, 5.41) is 10.8. The van der Waals surface area contributed by atoms with Gasteiger partial charge in [0.05, 0.1) is 17.3 Å². The summed E-state index contributed by atoms with van der Waals surface area (Å²) in [4.78, 5) is 11.6. The van der Waals surface area contributed by atoms with Gasteiger partial charge >= 0.3 is 6.18 Å². The number of rotatable bonds is 4. The molecule has 0 unspecified atom stereocenters. The third-order valence-corrected chi connectivity index (χ3v) is 3.66. The molecule has 0 aromatic heterocycles. The number of ether oxygens (including phenoxy) is 1. The second kappa shape index (κ2) is 7.86. The normalized spacial score (nSPS) is 11.0. The van der Waals surface area contributed by atoms with E-state index in [0.29, 0.717) is 3.57 Å². The van der Waals surface area contributed by atoms with Crippen LogP contribution >= 0.6 is 22.6 Å². The number of halogens is 6. The van der Waals surface area contributed by atoms with Crippen LogP contribution in [0.4, 0.5) is 27.6 Å². The fraction of sp³-hybridized carbons (Fsp3) is 0.125. The molecule has 0 atom stereocenters. The van der Waals surface area contributed by atoms with Gasteiger partial charge in [-0.05, 0) is 52.9 Å². The summed E-state index contributed by atoms with van der Waals surface area (Å²) in [6, 6.07) is 6.03. The number of carbonyl (C=O) groups excluding carboxylic acids is 1. The molecule has 0 fully saturated rings. The quantitative estimate of drug-likeness (QED) is 0.480. The lowest BCUT2D eigenvalue weighted by Gasteiger charge is -2.14. The predicted octanol–water partition coefficient (Wildman–Crippen LogP) is 5.23. The van der Waals surface area contributed by atoms with Gasteiger partial charge in [0.2, 0.25) is 5.91 Å². The van der Waals surface area contributed by atoms with Gasteiger partial charge in [0, 0.05) is 3.57 Å². The first-order chi connectivity index (χ1) is 12.1. The lowest BCUT2D eigenvalue weighted by molar-refractivity contribution is -0.138. The molecule has 1 amide bonds. The highest BCUT2D eigenvalue weighted by atomic mass is 127. The SMILES string of the molecule is N#CCC(=O)Nc1cc(I)ccc1Oc1c(F)cc(C(F)(F)F)cc1F. The van der Waals surface area contributed by atoms with E-state index in [4.69, 9.17) is 10.00 Å². The molecule has 2 aromatic carbocycles. The van der Waals surface area contributed by atoms with Gasteiger partial charge in [0.15, 0.2) is 23.1 Å². The van der Waals surface area contributed by atoms with E-state index in [9.17, 15) is 26.7 Å². The van der Waals surface area contributed by atoms with Crippen molar-refractivity contribution in [3.63, 3.8) is 0 Å². The van der Waals surface area contributed by atoms with Crippen molar-refractivity contribution in [3.05, 3.63) is 51.1 Å². The Hall–Kier alpha value is -2.42. The monoisotopic (exact) mass is 482 g/mol. The Morgan fingerprint density at radius 3 is 2.35 bits per heavy atom. The summed E-state index contributed by atoms with van der Waals surface area (Å²) in [6.45, 7) is 0. The minimum Gasteiger partial charge on any atom is -0.449 e. The van der Waals surface area contributed by atoms with Gasteiger partial charge in [-0.1, -0.05) is 0 Å². The van der Waals surface area contributed by atoms with E-state index in [1.54, 1.807) is 6.07 Å². The first kappa shape index (κ1) is 19.9. The molecule has 2 rings (SSSR count). The van der Waals surface area contributed by atoms with Crippen LogP contribution in [0.3, 0.4) is 0 Å². The van der Waals surface area contributed by atoms with Crippen molar-refractivity contribution >= 4 is 34.2 Å². The zero-order chi connectivity index (χ0) is 19.5. The first-order valence-corrected chi connectivity index (χ1v) is 7.90. The molecule has 2 aromatic rings.